The fourth-order valence-corrected chi connectivity index (χ4v) is 3.11. The van der Waals surface area contributed by atoms with E-state index >= 15 is 0 Å². The monoisotopic (exact) mass is 317 g/mol. The molecule has 1 saturated carbocycles. The van der Waals surface area contributed by atoms with Crippen LogP contribution in [0.1, 0.15) is 30.1 Å². The van der Waals surface area contributed by atoms with Crippen LogP contribution in [0, 0.1) is 12.8 Å². The molecule has 0 radical (unpaired) electrons. The molecule has 2 aromatic rings. The zero-order valence-corrected chi connectivity index (χ0v) is 13.5. The van der Waals surface area contributed by atoms with Gasteiger partial charge in [-0.3, -0.25) is 9.78 Å². The van der Waals surface area contributed by atoms with Crippen LogP contribution in [0.4, 0.5) is 0 Å². The second-order valence-electron chi connectivity index (χ2n) is 5.60. The Hall–Kier alpha value is -1.89. The van der Waals surface area contributed by atoms with Gasteiger partial charge in [-0.2, -0.15) is 0 Å². The number of aryl methyl sites for hydroxylation is 2. The minimum atomic E-state index is 0.00922. The highest BCUT2D eigenvalue weighted by Crippen LogP contribution is 2.41. The molecular formula is C15H19N5OS. The van der Waals surface area contributed by atoms with Crippen molar-refractivity contribution in [3.63, 3.8) is 0 Å². The molecule has 0 saturated heterocycles. The van der Waals surface area contributed by atoms with E-state index in [4.69, 9.17) is 0 Å². The zero-order valence-electron chi connectivity index (χ0n) is 12.7. The van der Waals surface area contributed by atoms with Gasteiger partial charge in [0.15, 0.2) is 5.16 Å². The van der Waals surface area contributed by atoms with Gasteiger partial charge in [0.25, 0.3) is 0 Å². The summed E-state index contributed by atoms with van der Waals surface area (Å²) in [4.78, 5) is 16.7. The molecule has 22 heavy (non-hydrogen) atoms. The summed E-state index contributed by atoms with van der Waals surface area (Å²) in [6, 6.07) is 3.99. The smallest absolute Gasteiger partial charge is 0.231 e. The normalized spacial score (nSPS) is 15.5. The second-order valence-corrected chi connectivity index (χ2v) is 6.54. The molecular weight excluding hydrogens is 298 g/mol. The zero-order chi connectivity index (χ0) is 15.5. The Labute approximate surface area is 133 Å². The first-order valence-electron chi connectivity index (χ1n) is 7.33. The third-order valence-corrected chi connectivity index (χ3v) is 4.79. The summed E-state index contributed by atoms with van der Waals surface area (Å²) in [5, 5.41) is 11.7. The Kier molecular flexibility index (Phi) is 4.42. The molecule has 1 aliphatic carbocycles. The lowest BCUT2D eigenvalue weighted by Crippen LogP contribution is -2.32. The standard InChI is InChI=1S/C15H19N5OS/c1-10-4-3-7-16-13(10)14(11-5-6-11)18-12(21)8-22-15-19-17-9-20(15)2/h3-4,7,9,11,14H,5-6,8H2,1-2H3,(H,18,21)/t14-/m1/s1. The minimum absolute atomic E-state index is 0.00922. The maximum absolute atomic E-state index is 12.3. The van der Waals surface area contributed by atoms with Gasteiger partial charge in [0.05, 0.1) is 17.5 Å². The summed E-state index contributed by atoms with van der Waals surface area (Å²) in [6.45, 7) is 2.04. The van der Waals surface area contributed by atoms with Crippen molar-refractivity contribution in [2.75, 3.05) is 5.75 Å². The van der Waals surface area contributed by atoms with Crippen molar-refractivity contribution >= 4 is 17.7 Å². The topological polar surface area (TPSA) is 72.7 Å². The van der Waals surface area contributed by atoms with Crippen LogP contribution in [0.25, 0.3) is 0 Å². The molecule has 0 spiro atoms. The van der Waals surface area contributed by atoms with Crippen LogP contribution in [0.3, 0.4) is 0 Å². The molecule has 1 N–H and O–H groups in total. The number of nitrogens with one attached hydrogen (secondary N) is 1. The van der Waals surface area contributed by atoms with Crippen LogP contribution in [0.2, 0.25) is 0 Å². The molecule has 1 fully saturated rings. The molecule has 6 nitrogen and oxygen atoms in total. The number of nitrogens with zero attached hydrogens (tertiary/aromatic N) is 4. The number of pyridine rings is 1. The average molecular weight is 317 g/mol. The van der Waals surface area contributed by atoms with Crippen molar-refractivity contribution in [1.82, 2.24) is 25.1 Å². The summed E-state index contributed by atoms with van der Waals surface area (Å²) >= 11 is 1.39. The van der Waals surface area contributed by atoms with Crippen molar-refractivity contribution in [2.45, 2.75) is 31.0 Å². The third-order valence-electron chi connectivity index (χ3n) is 3.76. The van der Waals surface area contributed by atoms with Gasteiger partial charge >= 0.3 is 0 Å². The lowest BCUT2D eigenvalue weighted by atomic mass is 10.0. The fourth-order valence-electron chi connectivity index (χ4n) is 2.41. The molecule has 1 aliphatic rings. The van der Waals surface area contributed by atoms with Gasteiger partial charge < -0.3 is 9.88 Å². The van der Waals surface area contributed by atoms with E-state index < -0.39 is 0 Å². The SMILES string of the molecule is Cc1cccnc1[C@H](NC(=O)CSc1nncn1C)C1CC1. The van der Waals surface area contributed by atoms with E-state index in [2.05, 4.69) is 20.5 Å². The number of thioether (sulfide) groups is 1. The van der Waals surface area contributed by atoms with Crippen molar-refractivity contribution in [3.05, 3.63) is 35.9 Å². The molecule has 116 valence electrons. The van der Waals surface area contributed by atoms with Crippen molar-refractivity contribution in [2.24, 2.45) is 13.0 Å². The first-order chi connectivity index (χ1) is 10.6. The van der Waals surface area contributed by atoms with E-state index in [-0.39, 0.29) is 11.9 Å². The Morgan fingerprint density at radius 1 is 1.55 bits per heavy atom. The molecule has 0 bridgehead atoms. The largest absolute Gasteiger partial charge is 0.347 e. The lowest BCUT2D eigenvalue weighted by Gasteiger charge is -2.19. The fraction of sp³-hybridized carbons (Fsp3) is 0.467. The van der Waals surface area contributed by atoms with Crippen LogP contribution in [-0.4, -0.2) is 31.4 Å². The maximum atomic E-state index is 12.3. The van der Waals surface area contributed by atoms with Crippen LogP contribution < -0.4 is 5.32 Å². The molecule has 0 aromatic carbocycles. The first kappa shape index (κ1) is 15.0. The van der Waals surface area contributed by atoms with Gasteiger partial charge in [0, 0.05) is 13.2 Å². The van der Waals surface area contributed by atoms with Crippen LogP contribution >= 0.6 is 11.8 Å². The highest BCUT2D eigenvalue weighted by molar-refractivity contribution is 7.99. The molecule has 1 amide bonds. The highest BCUT2D eigenvalue weighted by atomic mass is 32.2. The van der Waals surface area contributed by atoms with Gasteiger partial charge in [-0.05, 0) is 37.3 Å². The van der Waals surface area contributed by atoms with Crippen molar-refractivity contribution < 1.29 is 4.79 Å². The van der Waals surface area contributed by atoms with E-state index in [1.807, 2.05) is 26.1 Å². The highest BCUT2D eigenvalue weighted by Gasteiger charge is 2.35. The van der Waals surface area contributed by atoms with E-state index in [1.165, 1.54) is 11.8 Å². The number of rotatable bonds is 6. The molecule has 7 heteroatoms. The Morgan fingerprint density at radius 3 is 3.00 bits per heavy atom. The van der Waals surface area contributed by atoms with Gasteiger partial charge in [-0.25, -0.2) is 0 Å². The summed E-state index contributed by atoms with van der Waals surface area (Å²) in [7, 11) is 1.87. The predicted molar refractivity (Wildman–Crippen MR) is 84.3 cm³/mol. The number of carbonyl (C=O) groups excluding carboxylic acids is 1. The number of amides is 1. The molecule has 1 atom stereocenters. The van der Waals surface area contributed by atoms with Crippen molar-refractivity contribution in [3.8, 4) is 0 Å². The second kappa shape index (κ2) is 6.48. The van der Waals surface area contributed by atoms with Crippen LogP contribution in [-0.2, 0) is 11.8 Å². The summed E-state index contributed by atoms with van der Waals surface area (Å²) in [5.74, 6) is 0.856. The van der Waals surface area contributed by atoms with Crippen molar-refractivity contribution in [1.29, 1.82) is 0 Å². The maximum Gasteiger partial charge on any atom is 0.231 e. The quantitative estimate of drug-likeness (QED) is 0.824. The molecule has 0 aliphatic heterocycles. The minimum Gasteiger partial charge on any atom is -0.347 e. The van der Waals surface area contributed by atoms with E-state index in [9.17, 15) is 4.79 Å². The summed E-state index contributed by atoms with van der Waals surface area (Å²) in [6.07, 6.45) is 5.72. The van der Waals surface area contributed by atoms with Gasteiger partial charge in [-0.1, -0.05) is 17.8 Å². The number of carbonyl (C=O) groups is 1. The summed E-state index contributed by atoms with van der Waals surface area (Å²) in [5.41, 5.74) is 2.11. The molecule has 3 rings (SSSR count). The Bertz CT molecular complexity index is 667. The van der Waals surface area contributed by atoms with Gasteiger partial charge in [-0.15, -0.1) is 10.2 Å². The third kappa shape index (κ3) is 3.47. The summed E-state index contributed by atoms with van der Waals surface area (Å²) < 4.78 is 1.80. The van der Waals surface area contributed by atoms with Gasteiger partial charge in [0.2, 0.25) is 5.91 Å². The van der Waals surface area contributed by atoms with Crippen LogP contribution in [0.5, 0.6) is 0 Å². The Balaban J connectivity index is 1.63. The molecule has 0 unspecified atom stereocenters. The van der Waals surface area contributed by atoms with E-state index in [0.717, 1.165) is 29.3 Å². The average Bonchev–Trinajstić information content (AvgIpc) is 3.26. The number of aromatic nitrogens is 4. The van der Waals surface area contributed by atoms with E-state index in [1.54, 1.807) is 17.1 Å². The van der Waals surface area contributed by atoms with E-state index in [0.29, 0.717) is 11.7 Å². The molecule has 2 heterocycles. The lowest BCUT2D eigenvalue weighted by molar-refractivity contribution is -0.119. The van der Waals surface area contributed by atoms with Gasteiger partial charge in [0.1, 0.15) is 6.33 Å². The number of hydrogen-bond donors (Lipinski definition) is 1. The number of hydrogen-bond acceptors (Lipinski definition) is 5. The Morgan fingerprint density at radius 2 is 2.36 bits per heavy atom. The molecule has 2 aromatic heterocycles. The first-order valence-corrected chi connectivity index (χ1v) is 8.31. The predicted octanol–water partition coefficient (Wildman–Crippen LogP) is 1.88. The van der Waals surface area contributed by atoms with Crippen LogP contribution in [0.15, 0.2) is 29.8 Å².